The smallest absolute Gasteiger partial charge is 0.406 e. The van der Waals surface area contributed by atoms with Crippen LogP contribution in [0.5, 0.6) is 5.75 Å². The van der Waals surface area contributed by atoms with Crippen LogP contribution in [0.25, 0.3) is 0 Å². The molecule has 0 saturated heterocycles. The third kappa shape index (κ3) is 3.26. The summed E-state index contributed by atoms with van der Waals surface area (Å²) < 4.78 is 40.8. The summed E-state index contributed by atoms with van der Waals surface area (Å²) in [4.78, 5) is 0. The second-order valence-corrected chi connectivity index (χ2v) is 5.52. The van der Waals surface area contributed by atoms with Gasteiger partial charge in [0.25, 0.3) is 0 Å². The number of hydrogen-bond donors (Lipinski definition) is 1. The van der Waals surface area contributed by atoms with Crippen LogP contribution < -0.4 is 10.5 Å². The summed E-state index contributed by atoms with van der Waals surface area (Å²) in [5.74, 6) is -0.199. The molecule has 1 unspecified atom stereocenters. The molecule has 2 N–H and O–H groups in total. The lowest BCUT2D eigenvalue weighted by molar-refractivity contribution is -0.274. The molecular weight excluding hydrogens is 267 g/mol. The Hall–Kier alpha value is -1.23. The minimum Gasteiger partial charge on any atom is -0.406 e. The Balaban J connectivity index is 2.22. The van der Waals surface area contributed by atoms with Crippen molar-refractivity contribution in [3.63, 3.8) is 0 Å². The highest BCUT2D eigenvalue weighted by molar-refractivity contribution is 5.32. The third-order valence-corrected chi connectivity index (χ3v) is 4.41. The number of rotatable bonds is 4. The third-order valence-electron chi connectivity index (χ3n) is 4.41. The van der Waals surface area contributed by atoms with Crippen LogP contribution in [0.1, 0.15) is 50.6 Å². The molecule has 5 heteroatoms. The number of hydrogen-bond acceptors (Lipinski definition) is 2. The van der Waals surface area contributed by atoms with Crippen LogP contribution in [0.15, 0.2) is 24.3 Å². The fourth-order valence-electron chi connectivity index (χ4n) is 3.22. The Morgan fingerprint density at radius 2 is 1.95 bits per heavy atom. The van der Waals surface area contributed by atoms with E-state index in [1.807, 2.05) is 0 Å². The second kappa shape index (κ2) is 5.64. The van der Waals surface area contributed by atoms with E-state index in [0.29, 0.717) is 0 Å². The van der Waals surface area contributed by atoms with Crippen LogP contribution in [-0.2, 0) is 0 Å². The standard InChI is InChI=1S/C15H20F3NO/c1-2-14(8-3-4-9-14)13(19)11-6-5-7-12(10-11)20-15(16,17)18/h5-7,10,13H,2-4,8-9,19H2,1H3. The molecule has 0 bridgehead atoms. The summed E-state index contributed by atoms with van der Waals surface area (Å²) in [5.41, 5.74) is 7.07. The molecule has 1 aromatic rings. The predicted octanol–water partition coefficient (Wildman–Crippen LogP) is 4.56. The van der Waals surface area contributed by atoms with Gasteiger partial charge in [0.05, 0.1) is 0 Å². The molecule has 2 rings (SSSR count). The molecule has 0 heterocycles. The van der Waals surface area contributed by atoms with Crippen molar-refractivity contribution in [1.82, 2.24) is 0 Å². The Morgan fingerprint density at radius 1 is 1.30 bits per heavy atom. The molecule has 0 amide bonds. The number of nitrogens with two attached hydrogens (primary N) is 1. The van der Waals surface area contributed by atoms with Gasteiger partial charge in [0.15, 0.2) is 0 Å². The minimum absolute atomic E-state index is 0.0108. The molecule has 1 aliphatic carbocycles. The molecule has 0 aromatic heterocycles. The van der Waals surface area contributed by atoms with Gasteiger partial charge < -0.3 is 10.5 Å². The lowest BCUT2D eigenvalue weighted by Crippen LogP contribution is -2.31. The molecule has 0 spiro atoms. The molecule has 20 heavy (non-hydrogen) atoms. The number of benzene rings is 1. The first-order valence-electron chi connectivity index (χ1n) is 6.98. The Kier molecular flexibility index (Phi) is 4.28. The van der Waals surface area contributed by atoms with Gasteiger partial charge in [0.2, 0.25) is 0 Å². The zero-order valence-corrected chi connectivity index (χ0v) is 11.5. The predicted molar refractivity (Wildman–Crippen MR) is 71.2 cm³/mol. The van der Waals surface area contributed by atoms with Crippen molar-refractivity contribution < 1.29 is 17.9 Å². The van der Waals surface area contributed by atoms with Crippen molar-refractivity contribution in [2.75, 3.05) is 0 Å². The van der Waals surface area contributed by atoms with E-state index in [1.165, 1.54) is 12.1 Å². The van der Waals surface area contributed by atoms with Crippen molar-refractivity contribution in [2.24, 2.45) is 11.1 Å². The van der Waals surface area contributed by atoms with E-state index in [-0.39, 0.29) is 17.2 Å². The van der Waals surface area contributed by atoms with Crippen LogP contribution in [-0.4, -0.2) is 6.36 Å². The molecule has 2 nitrogen and oxygen atoms in total. The van der Waals surface area contributed by atoms with Crippen molar-refractivity contribution in [2.45, 2.75) is 51.4 Å². The fourth-order valence-corrected chi connectivity index (χ4v) is 3.22. The molecule has 1 atom stereocenters. The van der Waals surface area contributed by atoms with Gasteiger partial charge in [0.1, 0.15) is 5.75 Å². The number of halogens is 3. The normalized spacial score (nSPS) is 19.9. The Labute approximate surface area is 117 Å². The number of ether oxygens (including phenoxy) is 1. The quantitative estimate of drug-likeness (QED) is 0.881. The maximum Gasteiger partial charge on any atom is 0.573 e. The molecule has 0 aliphatic heterocycles. The first-order chi connectivity index (χ1) is 9.36. The van der Waals surface area contributed by atoms with Gasteiger partial charge in [-0.25, -0.2) is 0 Å². The van der Waals surface area contributed by atoms with Gasteiger partial charge in [0, 0.05) is 6.04 Å². The molecule has 0 radical (unpaired) electrons. The average molecular weight is 287 g/mol. The SMILES string of the molecule is CCC1(C(N)c2cccc(OC(F)(F)F)c2)CCCC1. The summed E-state index contributed by atoms with van der Waals surface area (Å²) in [6.07, 6.45) is 0.627. The summed E-state index contributed by atoms with van der Waals surface area (Å²) in [5, 5.41) is 0. The van der Waals surface area contributed by atoms with E-state index in [9.17, 15) is 13.2 Å². The minimum atomic E-state index is -4.67. The maximum absolute atomic E-state index is 12.3. The van der Waals surface area contributed by atoms with Crippen LogP contribution >= 0.6 is 0 Å². The highest BCUT2D eigenvalue weighted by atomic mass is 19.4. The summed E-state index contributed by atoms with van der Waals surface area (Å²) >= 11 is 0. The first kappa shape index (κ1) is 15.2. The van der Waals surface area contributed by atoms with Crippen LogP contribution in [0.3, 0.4) is 0 Å². The molecule has 1 saturated carbocycles. The highest BCUT2D eigenvalue weighted by Gasteiger charge is 2.39. The first-order valence-corrected chi connectivity index (χ1v) is 6.98. The van der Waals surface area contributed by atoms with Gasteiger partial charge in [-0.05, 0) is 42.4 Å². The van der Waals surface area contributed by atoms with Crippen molar-refractivity contribution in [3.8, 4) is 5.75 Å². The zero-order valence-electron chi connectivity index (χ0n) is 11.5. The fraction of sp³-hybridized carbons (Fsp3) is 0.600. The van der Waals surface area contributed by atoms with E-state index in [4.69, 9.17) is 5.73 Å². The van der Waals surface area contributed by atoms with Gasteiger partial charge in [-0.3, -0.25) is 0 Å². The van der Waals surface area contributed by atoms with Crippen molar-refractivity contribution in [3.05, 3.63) is 29.8 Å². The average Bonchev–Trinajstić information content (AvgIpc) is 2.86. The summed E-state index contributed by atoms with van der Waals surface area (Å²) in [6, 6.07) is 5.81. The number of alkyl halides is 3. The Morgan fingerprint density at radius 3 is 2.50 bits per heavy atom. The largest absolute Gasteiger partial charge is 0.573 e. The van der Waals surface area contributed by atoms with E-state index in [0.717, 1.165) is 37.7 Å². The van der Waals surface area contributed by atoms with Crippen molar-refractivity contribution >= 4 is 0 Å². The molecular formula is C15H20F3NO. The topological polar surface area (TPSA) is 35.2 Å². The van der Waals surface area contributed by atoms with Gasteiger partial charge in [-0.2, -0.15) is 0 Å². The van der Waals surface area contributed by atoms with Gasteiger partial charge >= 0.3 is 6.36 Å². The van der Waals surface area contributed by atoms with E-state index in [1.54, 1.807) is 12.1 Å². The van der Waals surface area contributed by atoms with E-state index in [2.05, 4.69) is 11.7 Å². The van der Waals surface area contributed by atoms with E-state index < -0.39 is 6.36 Å². The van der Waals surface area contributed by atoms with Gasteiger partial charge in [-0.15, -0.1) is 13.2 Å². The molecule has 1 fully saturated rings. The van der Waals surface area contributed by atoms with Crippen LogP contribution in [0.4, 0.5) is 13.2 Å². The van der Waals surface area contributed by atoms with Crippen LogP contribution in [0, 0.1) is 5.41 Å². The molecule has 112 valence electrons. The molecule has 1 aliphatic rings. The monoisotopic (exact) mass is 287 g/mol. The van der Waals surface area contributed by atoms with E-state index >= 15 is 0 Å². The highest BCUT2D eigenvalue weighted by Crippen LogP contribution is 2.49. The summed E-state index contributed by atoms with van der Waals surface area (Å²) in [6.45, 7) is 2.10. The second-order valence-electron chi connectivity index (χ2n) is 5.52. The maximum atomic E-state index is 12.3. The van der Waals surface area contributed by atoms with Crippen LogP contribution in [0.2, 0.25) is 0 Å². The van der Waals surface area contributed by atoms with Crippen molar-refractivity contribution in [1.29, 1.82) is 0 Å². The molecule has 1 aromatic carbocycles. The lowest BCUT2D eigenvalue weighted by Gasteiger charge is -2.34. The summed E-state index contributed by atoms with van der Waals surface area (Å²) in [7, 11) is 0. The lowest BCUT2D eigenvalue weighted by atomic mass is 9.74. The zero-order chi connectivity index (χ0) is 14.8. The Bertz CT molecular complexity index is 453. The van der Waals surface area contributed by atoms with Gasteiger partial charge in [-0.1, -0.05) is 31.9 Å².